The van der Waals surface area contributed by atoms with Crippen LogP contribution >= 0.6 is 0 Å². The van der Waals surface area contributed by atoms with Gasteiger partial charge >= 0.3 is 0 Å². The molecule has 1 fully saturated rings. The highest BCUT2D eigenvalue weighted by atomic mass is 16.5. The Balaban J connectivity index is 2.22. The minimum Gasteiger partial charge on any atom is -0.396 e. The maximum atomic E-state index is 11.8. The lowest BCUT2D eigenvalue weighted by molar-refractivity contribution is -0.122. The van der Waals surface area contributed by atoms with Crippen molar-refractivity contribution in [3.63, 3.8) is 0 Å². The number of methoxy groups -OCH3 is 1. The number of amides is 1. The van der Waals surface area contributed by atoms with Gasteiger partial charge in [-0.05, 0) is 26.2 Å². The number of hydrogen-bond acceptors (Lipinski definition) is 4. The van der Waals surface area contributed by atoms with Gasteiger partial charge in [0.15, 0.2) is 0 Å². The number of carbonyl (C=O) groups is 1. The number of ether oxygens (including phenoxy) is 1. The van der Waals surface area contributed by atoms with Crippen LogP contribution in [0.15, 0.2) is 0 Å². The Morgan fingerprint density at radius 3 is 2.68 bits per heavy atom. The van der Waals surface area contributed by atoms with Gasteiger partial charge in [-0.2, -0.15) is 0 Å². The number of hydrogen-bond donors (Lipinski definition) is 3. The molecule has 1 saturated carbocycles. The van der Waals surface area contributed by atoms with Crippen molar-refractivity contribution < 1.29 is 14.6 Å². The van der Waals surface area contributed by atoms with Gasteiger partial charge in [0.2, 0.25) is 5.91 Å². The van der Waals surface area contributed by atoms with Crippen molar-refractivity contribution in [3.8, 4) is 0 Å². The van der Waals surface area contributed by atoms with Crippen molar-refractivity contribution in [3.05, 3.63) is 0 Å². The lowest BCUT2D eigenvalue weighted by Gasteiger charge is -2.28. The Hall–Kier alpha value is -0.650. The van der Waals surface area contributed by atoms with Gasteiger partial charge in [0.1, 0.15) is 0 Å². The summed E-state index contributed by atoms with van der Waals surface area (Å²) >= 11 is 0. The summed E-state index contributed by atoms with van der Waals surface area (Å²) in [5.41, 5.74) is -0.00933. The first-order chi connectivity index (χ1) is 9.13. The third kappa shape index (κ3) is 5.47. The van der Waals surface area contributed by atoms with E-state index in [1.807, 2.05) is 6.92 Å². The van der Waals surface area contributed by atoms with Crippen molar-refractivity contribution in [1.29, 1.82) is 0 Å². The molecule has 0 spiro atoms. The van der Waals surface area contributed by atoms with E-state index in [-0.39, 0.29) is 24.0 Å². The third-order valence-electron chi connectivity index (χ3n) is 4.00. The molecule has 5 heteroatoms. The van der Waals surface area contributed by atoms with E-state index in [0.29, 0.717) is 13.2 Å². The van der Waals surface area contributed by atoms with Gasteiger partial charge in [0.25, 0.3) is 0 Å². The molecule has 0 aromatic heterocycles. The fraction of sp³-hybridized carbons (Fsp3) is 0.929. The molecule has 0 aliphatic heterocycles. The Labute approximate surface area is 116 Å². The van der Waals surface area contributed by atoms with Crippen LogP contribution in [-0.2, 0) is 9.53 Å². The third-order valence-corrected chi connectivity index (χ3v) is 4.00. The molecule has 0 aromatic rings. The van der Waals surface area contributed by atoms with E-state index in [2.05, 4.69) is 10.6 Å². The fourth-order valence-corrected chi connectivity index (χ4v) is 2.56. The molecule has 0 heterocycles. The van der Waals surface area contributed by atoms with Crippen molar-refractivity contribution in [2.24, 2.45) is 5.41 Å². The van der Waals surface area contributed by atoms with Gasteiger partial charge in [-0.15, -0.1) is 0 Å². The summed E-state index contributed by atoms with van der Waals surface area (Å²) in [7, 11) is 1.65. The van der Waals surface area contributed by atoms with Crippen LogP contribution in [-0.4, -0.2) is 50.5 Å². The summed E-state index contributed by atoms with van der Waals surface area (Å²) in [4.78, 5) is 11.8. The zero-order chi connectivity index (χ0) is 14.1. The largest absolute Gasteiger partial charge is 0.396 e. The highest BCUT2D eigenvalue weighted by Gasteiger charge is 2.33. The minimum atomic E-state index is -0.216. The number of aliphatic hydroxyl groups excluding tert-OH is 1. The average Bonchev–Trinajstić information content (AvgIpc) is 2.90. The Morgan fingerprint density at radius 2 is 2.11 bits per heavy atom. The molecule has 1 amide bonds. The van der Waals surface area contributed by atoms with Crippen molar-refractivity contribution in [1.82, 2.24) is 10.6 Å². The summed E-state index contributed by atoms with van der Waals surface area (Å²) < 4.78 is 4.93. The predicted octanol–water partition coefficient (Wildman–Crippen LogP) is 0.670. The number of carbonyl (C=O) groups excluding carboxylic acids is 1. The second-order valence-electron chi connectivity index (χ2n) is 5.61. The molecular formula is C14H28N2O3. The van der Waals surface area contributed by atoms with Gasteiger partial charge in [-0.3, -0.25) is 4.79 Å². The van der Waals surface area contributed by atoms with E-state index in [1.165, 1.54) is 12.8 Å². The zero-order valence-electron chi connectivity index (χ0n) is 12.2. The van der Waals surface area contributed by atoms with Crippen LogP contribution in [0.2, 0.25) is 0 Å². The molecule has 0 bridgehead atoms. The summed E-state index contributed by atoms with van der Waals surface area (Å²) in [5.74, 6) is 0.0159. The van der Waals surface area contributed by atoms with Crippen LogP contribution in [0.1, 0.15) is 39.0 Å². The van der Waals surface area contributed by atoms with Crippen LogP contribution in [0, 0.1) is 5.41 Å². The molecule has 5 nitrogen and oxygen atoms in total. The summed E-state index contributed by atoms with van der Waals surface area (Å²) in [5, 5.41) is 15.6. The molecule has 1 atom stereocenters. The summed E-state index contributed by atoms with van der Waals surface area (Å²) in [6.07, 6.45) is 5.30. The Kier molecular flexibility index (Phi) is 7.34. The number of nitrogens with one attached hydrogen (secondary N) is 2. The first-order valence-electron chi connectivity index (χ1n) is 7.24. The molecule has 3 N–H and O–H groups in total. The quantitative estimate of drug-likeness (QED) is 0.540. The Bertz CT molecular complexity index is 265. The van der Waals surface area contributed by atoms with E-state index >= 15 is 0 Å². The summed E-state index contributed by atoms with van der Waals surface area (Å²) in [6, 6.07) is -0.216. The van der Waals surface area contributed by atoms with Crippen LogP contribution in [0.4, 0.5) is 0 Å². The lowest BCUT2D eigenvalue weighted by atomic mass is 9.87. The van der Waals surface area contributed by atoms with E-state index < -0.39 is 0 Å². The predicted molar refractivity (Wildman–Crippen MR) is 75.0 cm³/mol. The number of rotatable bonds is 9. The highest BCUT2D eigenvalue weighted by molar-refractivity contribution is 5.81. The maximum absolute atomic E-state index is 11.8. The molecule has 0 saturated heterocycles. The highest BCUT2D eigenvalue weighted by Crippen LogP contribution is 2.36. The average molecular weight is 272 g/mol. The maximum Gasteiger partial charge on any atom is 0.236 e. The van der Waals surface area contributed by atoms with Gasteiger partial charge in [0.05, 0.1) is 6.04 Å². The van der Waals surface area contributed by atoms with Crippen LogP contribution < -0.4 is 10.6 Å². The first kappa shape index (κ1) is 16.4. The fourth-order valence-electron chi connectivity index (χ4n) is 2.56. The van der Waals surface area contributed by atoms with Crippen molar-refractivity contribution >= 4 is 5.91 Å². The molecule has 0 radical (unpaired) electrons. The van der Waals surface area contributed by atoms with Crippen LogP contribution in [0.5, 0.6) is 0 Å². The van der Waals surface area contributed by atoms with Crippen molar-refractivity contribution in [2.45, 2.75) is 45.1 Å². The molecule has 19 heavy (non-hydrogen) atoms. The second kappa shape index (κ2) is 8.51. The topological polar surface area (TPSA) is 70.6 Å². The van der Waals surface area contributed by atoms with E-state index in [1.54, 1.807) is 7.11 Å². The van der Waals surface area contributed by atoms with Gasteiger partial charge in [-0.25, -0.2) is 0 Å². The van der Waals surface area contributed by atoms with Gasteiger partial charge in [-0.1, -0.05) is 12.8 Å². The van der Waals surface area contributed by atoms with E-state index in [4.69, 9.17) is 4.74 Å². The second-order valence-corrected chi connectivity index (χ2v) is 5.61. The van der Waals surface area contributed by atoms with Gasteiger partial charge < -0.3 is 20.5 Å². The monoisotopic (exact) mass is 272 g/mol. The number of aliphatic hydroxyl groups is 1. The van der Waals surface area contributed by atoms with Crippen LogP contribution in [0.25, 0.3) is 0 Å². The Morgan fingerprint density at radius 1 is 1.42 bits per heavy atom. The molecule has 112 valence electrons. The molecule has 1 rings (SSSR count). The smallest absolute Gasteiger partial charge is 0.236 e. The van der Waals surface area contributed by atoms with E-state index in [0.717, 1.165) is 25.8 Å². The molecule has 1 aliphatic carbocycles. The first-order valence-corrected chi connectivity index (χ1v) is 7.24. The van der Waals surface area contributed by atoms with Crippen LogP contribution in [0.3, 0.4) is 0 Å². The summed E-state index contributed by atoms with van der Waals surface area (Å²) in [6.45, 7) is 4.10. The molecule has 0 aromatic carbocycles. The SMILES string of the molecule is COCCCNC(=O)C(C)NCC1(CO)CCCC1. The standard InChI is InChI=1S/C14H28N2O3/c1-12(13(18)15-8-5-9-19-2)16-10-14(11-17)6-3-4-7-14/h12,16-17H,3-11H2,1-2H3,(H,15,18). The zero-order valence-corrected chi connectivity index (χ0v) is 12.2. The minimum absolute atomic E-state index is 0.00933. The van der Waals surface area contributed by atoms with Gasteiger partial charge in [0, 0.05) is 38.8 Å². The molecular weight excluding hydrogens is 244 g/mol. The molecule has 1 aliphatic rings. The van der Waals surface area contributed by atoms with E-state index in [9.17, 15) is 9.90 Å². The van der Waals surface area contributed by atoms with Crippen molar-refractivity contribution in [2.75, 3.05) is 33.4 Å². The molecule has 1 unspecified atom stereocenters. The normalized spacial score (nSPS) is 19.3. The lowest BCUT2D eigenvalue weighted by Crippen LogP contribution is -2.47.